The fraction of sp³-hybridized carbons (Fsp3) is 0.286. The van der Waals surface area contributed by atoms with E-state index in [-0.39, 0.29) is 30.7 Å². The molecular formula is C21H21N3O5. The van der Waals surface area contributed by atoms with E-state index in [9.17, 15) is 14.4 Å². The van der Waals surface area contributed by atoms with E-state index < -0.39 is 5.92 Å². The largest absolute Gasteiger partial charge is 0.493 e. The standard InChI is InChI=1S/C21H21N3O5/c1-28-17-6-5-15(9-18(17)29-2)24-11-13(7-19(24)25)20(26)23-14-4-3-12-10-22-21(27)16(12)8-14/h3-6,8-9,13H,7,10-11H2,1-2H3,(H,22,27)(H,23,26). The summed E-state index contributed by atoms with van der Waals surface area (Å²) in [7, 11) is 3.07. The minimum Gasteiger partial charge on any atom is -0.493 e. The predicted molar refractivity (Wildman–Crippen MR) is 106 cm³/mol. The summed E-state index contributed by atoms with van der Waals surface area (Å²) in [6.45, 7) is 0.769. The molecule has 0 saturated carbocycles. The number of carbonyl (C=O) groups excluding carboxylic acids is 3. The smallest absolute Gasteiger partial charge is 0.251 e. The lowest BCUT2D eigenvalue weighted by molar-refractivity contribution is -0.122. The maximum absolute atomic E-state index is 12.7. The maximum atomic E-state index is 12.7. The number of nitrogens with zero attached hydrogens (tertiary/aromatic N) is 1. The van der Waals surface area contributed by atoms with Crippen LogP contribution in [0, 0.1) is 5.92 Å². The van der Waals surface area contributed by atoms with E-state index in [2.05, 4.69) is 10.6 Å². The van der Waals surface area contributed by atoms with Gasteiger partial charge in [-0.25, -0.2) is 0 Å². The highest BCUT2D eigenvalue weighted by molar-refractivity contribution is 6.04. The summed E-state index contributed by atoms with van der Waals surface area (Å²) in [5, 5.41) is 5.57. The Balaban J connectivity index is 1.47. The Labute approximate surface area is 167 Å². The third-order valence-corrected chi connectivity index (χ3v) is 5.24. The van der Waals surface area contributed by atoms with Crippen molar-refractivity contribution in [3.05, 3.63) is 47.5 Å². The zero-order valence-corrected chi connectivity index (χ0v) is 16.2. The van der Waals surface area contributed by atoms with Crippen LogP contribution in [0.5, 0.6) is 11.5 Å². The van der Waals surface area contributed by atoms with Crippen molar-refractivity contribution < 1.29 is 23.9 Å². The molecule has 150 valence electrons. The van der Waals surface area contributed by atoms with E-state index >= 15 is 0 Å². The van der Waals surface area contributed by atoms with E-state index in [1.807, 2.05) is 6.07 Å². The van der Waals surface area contributed by atoms with E-state index in [4.69, 9.17) is 9.47 Å². The Hall–Kier alpha value is -3.55. The molecule has 0 bridgehead atoms. The number of methoxy groups -OCH3 is 2. The van der Waals surface area contributed by atoms with Crippen LogP contribution in [-0.4, -0.2) is 38.5 Å². The molecule has 2 aromatic carbocycles. The maximum Gasteiger partial charge on any atom is 0.251 e. The first-order chi connectivity index (χ1) is 14.0. The van der Waals surface area contributed by atoms with Gasteiger partial charge in [-0.1, -0.05) is 6.07 Å². The third-order valence-electron chi connectivity index (χ3n) is 5.24. The van der Waals surface area contributed by atoms with E-state index in [0.717, 1.165) is 5.56 Å². The molecule has 8 nitrogen and oxygen atoms in total. The number of benzene rings is 2. The second-order valence-electron chi connectivity index (χ2n) is 6.99. The zero-order chi connectivity index (χ0) is 20.5. The van der Waals surface area contributed by atoms with Crippen LogP contribution in [0.3, 0.4) is 0 Å². The van der Waals surface area contributed by atoms with Gasteiger partial charge in [-0.3, -0.25) is 14.4 Å². The first-order valence-corrected chi connectivity index (χ1v) is 9.24. The van der Waals surface area contributed by atoms with Gasteiger partial charge in [0.25, 0.3) is 5.91 Å². The van der Waals surface area contributed by atoms with Crippen molar-refractivity contribution in [1.82, 2.24) is 5.32 Å². The molecule has 4 rings (SSSR count). The molecule has 1 unspecified atom stereocenters. The summed E-state index contributed by atoms with van der Waals surface area (Å²) < 4.78 is 10.5. The van der Waals surface area contributed by atoms with Crippen molar-refractivity contribution in [2.75, 3.05) is 31.0 Å². The number of carbonyl (C=O) groups is 3. The Morgan fingerprint density at radius 2 is 1.90 bits per heavy atom. The molecule has 2 heterocycles. The molecule has 8 heteroatoms. The number of rotatable bonds is 5. The van der Waals surface area contributed by atoms with Crippen molar-refractivity contribution in [3.63, 3.8) is 0 Å². The van der Waals surface area contributed by atoms with Gasteiger partial charge in [0.15, 0.2) is 11.5 Å². The van der Waals surface area contributed by atoms with Crippen molar-refractivity contribution in [1.29, 1.82) is 0 Å². The lowest BCUT2D eigenvalue weighted by atomic mass is 10.1. The molecule has 1 saturated heterocycles. The average molecular weight is 395 g/mol. The molecule has 0 aromatic heterocycles. The van der Waals surface area contributed by atoms with Crippen LogP contribution in [0.4, 0.5) is 11.4 Å². The number of fused-ring (bicyclic) bond motifs is 1. The monoisotopic (exact) mass is 395 g/mol. The van der Waals surface area contributed by atoms with Gasteiger partial charge in [-0.15, -0.1) is 0 Å². The van der Waals surface area contributed by atoms with Crippen molar-refractivity contribution in [3.8, 4) is 11.5 Å². The highest BCUT2D eigenvalue weighted by atomic mass is 16.5. The number of hydrogen-bond acceptors (Lipinski definition) is 5. The van der Waals surface area contributed by atoms with Crippen LogP contribution in [0.25, 0.3) is 0 Å². The molecule has 29 heavy (non-hydrogen) atoms. The second kappa shape index (κ2) is 7.46. The fourth-order valence-corrected chi connectivity index (χ4v) is 3.66. The zero-order valence-electron chi connectivity index (χ0n) is 16.2. The van der Waals surface area contributed by atoms with Crippen molar-refractivity contribution in [2.45, 2.75) is 13.0 Å². The number of hydrogen-bond donors (Lipinski definition) is 2. The van der Waals surface area contributed by atoms with Crippen LogP contribution < -0.4 is 25.0 Å². The molecule has 2 aliphatic rings. The van der Waals surface area contributed by atoms with Crippen LogP contribution in [0.2, 0.25) is 0 Å². The van der Waals surface area contributed by atoms with Gasteiger partial charge < -0.3 is 25.0 Å². The molecule has 3 amide bonds. The topological polar surface area (TPSA) is 97.0 Å². The molecule has 0 radical (unpaired) electrons. The summed E-state index contributed by atoms with van der Waals surface area (Å²) in [5.41, 5.74) is 2.67. The fourth-order valence-electron chi connectivity index (χ4n) is 3.66. The van der Waals surface area contributed by atoms with E-state index in [0.29, 0.717) is 35.0 Å². The molecular weight excluding hydrogens is 374 g/mol. The molecule has 0 spiro atoms. The molecule has 1 fully saturated rings. The first kappa shape index (κ1) is 18.8. The number of amides is 3. The quantitative estimate of drug-likeness (QED) is 0.807. The molecule has 1 atom stereocenters. The van der Waals surface area contributed by atoms with Crippen LogP contribution >= 0.6 is 0 Å². The number of anilines is 2. The van der Waals surface area contributed by atoms with Gasteiger partial charge in [0, 0.05) is 42.5 Å². The SMILES string of the molecule is COc1ccc(N2CC(C(=O)Nc3ccc4c(c3)C(=O)NC4)CC2=O)cc1OC. The molecule has 2 aromatic rings. The van der Waals surface area contributed by atoms with Gasteiger partial charge >= 0.3 is 0 Å². The Morgan fingerprint density at radius 3 is 2.66 bits per heavy atom. The van der Waals surface area contributed by atoms with Gasteiger partial charge in [0.05, 0.1) is 20.1 Å². The van der Waals surface area contributed by atoms with Gasteiger partial charge in [-0.05, 0) is 29.8 Å². The lowest BCUT2D eigenvalue weighted by Gasteiger charge is -2.18. The van der Waals surface area contributed by atoms with Crippen molar-refractivity contribution in [2.24, 2.45) is 5.92 Å². The summed E-state index contributed by atoms with van der Waals surface area (Å²) >= 11 is 0. The van der Waals surface area contributed by atoms with Crippen LogP contribution in [-0.2, 0) is 16.1 Å². The Kier molecular flexibility index (Phi) is 4.84. The third kappa shape index (κ3) is 3.49. The highest BCUT2D eigenvalue weighted by Crippen LogP contribution is 2.34. The number of nitrogens with one attached hydrogen (secondary N) is 2. The summed E-state index contributed by atoms with van der Waals surface area (Å²) in [4.78, 5) is 38.6. The first-order valence-electron chi connectivity index (χ1n) is 9.24. The van der Waals surface area contributed by atoms with Crippen molar-refractivity contribution >= 4 is 29.1 Å². The second-order valence-corrected chi connectivity index (χ2v) is 6.99. The highest BCUT2D eigenvalue weighted by Gasteiger charge is 2.35. The van der Waals surface area contributed by atoms with E-state index in [1.54, 1.807) is 42.3 Å². The molecule has 2 N–H and O–H groups in total. The summed E-state index contributed by atoms with van der Waals surface area (Å²) in [6, 6.07) is 10.5. The van der Waals surface area contributed by atoms with Gasteiger partial charge in [0.2, 0.25) is 11.8 Å². The normalized spacial score (nSPS) is 17.7. The minimum absolute atomic E-state index is 0.117. The van der Waals surface area contributed by atoms with Crippen LogP contribution in [0.1, 0.15) is 22.3 Å². The molecule has 2 aliphatic heterocycles. The molecule has 0 aliphatic carbocycles. The van der Waals surface area contributed by atoms with E-state index in [1.165, 1.54) is 7.11 Å². The van der Waals surface area contributed by atoms with Gasteiger partial charge in [0.1, 0.15) is 0 Å². The minimum atomic E-state index is -0.488. The Morgan fingerprint density at radius 1 is 1.10 bits per heavy atom. The van der Waals surface area contributed by atoms with Gasteiger partial charge in [-0.2, -0.15) is 0 Å². The summed E-state index contributed by atoms with van der Waals surface area (Å²) in [6.07, 6.45) is 0.117. The number of ether oxygens (including phenoxy) is 2. The Bertz CT molecular complexity index is 1000. The average Bonchev–Trinajstić information content (AvgIpc) is 3.30. The van der Waals surface area contributed by atoms with Crippen LogP contribution in [0.15, 0.2) is 36.4 Å². The summed E-state index contributed by atoms with van der Waals surface area (Å²) in [5.74, 6) is 0.0646. The lowest BCUT2D eigenvalue weighted by Crippen LogP contribution is -2.28. The predicted octanol–water partition coefficient (Wildman–Crippen LogP) is 1.94.